The Labute approximate surface area is 149 Å². The van der Waals surface area contributed by atoms with E-state index in [4.69, 9.17) is 5.73 Å². The molecule has 0 fully saturated rings. The van der Waals surface area contributed by atoms with Crippen molar-refractivity contribution in [1.82, 2.24) is 0 Å². The third-order valence-electron chi connectivity index (χ3n) is 4.18. The third kappa shape index (κ3) is 4.02. The predicted molar refractivity (Wildman–Crippen MR) is 109 cm³/mol. The van der Waals surface area contributed by atoms with Crippen LogP contribution in [-0.2, 0) is 0 Å². The van der Waals surface area contributed by atoms with Gasteiger partial charge in [0, 0.05) is 35.4 Å². The Bertz CT molecular complexity index is 939. The zero-order valence-electron chi connectivity index (χ0n) is 14.4. The van der Waals surface area contributed by atoms with Gasteiger partial charge in [-0.2, -0.15) is 0 Å². The van der Waals surface area contributed by atoms with Gasteiger partial charge in [0.1, 0.15) is 0 Å². The van der Waals surface area contributed by atoms with Crippen molar-refractivity contribution in [1.29, 1.82) is 0 Å². The van der Waals surface area contributed by atoms with Crippen LogP contribution in [-0.4, -0.2) is 13.1 Å². The molecule has 0 aliphatic rings. The first-order chi connectivity index (χ1) is 12.3. The first-order valence-corrected chi connectivity index (χ1v) is 8.53. The summed E-state index contributed by atoms with van der Waals surface area (Å²) in [7, 11) is 0. The van der Waals surface area contributed by atoms with E-state index in [-0.39, 0.29) is 0 Å². The number of fused-ring (bicyclic) bond motifs is 1. The number of likely N-dealkylation sites (N-methyl/N-ethyl adjacent to an activating group) is 1. The summed E-state index contributed by atoms with van der Waals surface area (Å²) in [5, 5.41) is 2.55. The fraction of sp³-hybridized carbons (Fsp3) is 0.130. The van der Waals surface area contributed by atoms with Gasteiger partial charge in [-0.15, -0.1) is 0 Å². The number of nitrogens with zero attached hydrogens (tertiary/aromatic N) is 1. The average Bonchev–Trinajstić information content (AvgIpc) is 2.66. The molecule has 0 spiro atoms. The van der Waals surface area contributed by atoms with Crippen LogP contribution in [0.15, 0.2) is 78.9 Å². The van der Waals surface area contributed by atoms with Crippen LogP contribution in [0.2, 0.25) is 0 Å². The predicted octanol–water partition coefficient (Wildman–Crippen LogP) is 4.86. The Morgan fingerprint density at radius 2 is 1.72 bits per heavy atom. The molecular formula is C23H22N2. The number of rotatable bonds is 4. The van der Waals surface area contributed by atoms with Gasteiger partial charge >= 0.3 is 0 Å². The van der Waals surface area contributed by atoms with Gasteiger partial charge in [0.2, 0.25) is 0 Å². The monoisotopic (exact) mass is 326 g/mol. The number of nitrogen functional groups attached to an aromatic ring is 1. The lowest BCUT2D eigenvalue weighted by molar-refractivity contribution is 0.911. The van der Waals surface area contributed by atoms with Crippen molar-refractivity contribution in [3.05, 3.63) is 84.4 Å². The minimum absolute atomic E-state index is 0.717. The van der Waals surface area contributed by atoms with Gasteiger partial charge in [0.05, 0.1) is 0 Å². The summed E-state index contributed by atoms with van der Waals surface area (Å²) >= 11 is 0. The van der Waals surface area contributed by atoms with Crippen molar-refractivity contribution >= 4 is 22.1 Å². The minimum atomic E-state index is 0.717. The number of nitrogens with two attached hydrogens (primary N) is 1. The lowest BCUT2D eigenvalue weighted by Gasteiger charge is -2.23. The fourth-order valence-electron chi connectivity index (χ4n) is 2.85. The molecule has 0 aliphatic carbocycles. The first kappa shape index (κ1) is 16.7. The van der Waals surface area contributed by atoms with Crippen LogP contribution >= 0.6 is 0 Å². The summed E-state index contributed by atoms with van der Waals surface area (Å²) in [4.78, 5) is 2.34. The highest BCUT2D eigenvalue weighted by molar-refractivity contribution is 5.94. The molecule has 0 amide bonds. The van der Waals surface area contributed by atoms with Gasteiger partial charge in [0.25, 0.3) is 0 Å². The van der Waals surface area contributed by atoms with Crippen LogP contribution in [0.4, 0.5) is 11.4 Å². The summed E-state index contributed by atoms with van der Waals surface area (Å²) in [5.41, 5.74) is 8.74. The number of benzene rings is 3. The second-order valence-electron chi connectivity index (χ2n) is 5.80. The second kappa shape index (κ2) is 8.08. The van der Waals surface area contributed by atoms with Gasteiger partial charge in [-0.25, -0.2) is 0 Å². The second-order valence-corrected chi connectivity index (χ2v) is 5.80. The molecule has 0 atom stereocenters. The molecule has 2 heteroatoms. The maximum Gasteiger partial charge on any atom is 0.0478 e. The standard InChI is InChI=1S/C23H22N2/c1-2-25(23-17-10-14-19-11-5-7-15-21(19)23)18-9-3-4-12-20-13-6-8-16-22(20)24/h3,5-11,13-17H,2,18,24H2,1H3. The Kier molecular flexibility index (Phi) is 5.39. The van der Waals surface area contributed by atoms with E-state index < -0.39 is 0 Å². The molecular weight excluding hydrogens is 304 g/mol. The van der Waals surface area contributed by atoms with Crippen molar-refractivity contribution in [3.8, 4) is 11.8 Å². The third-order valence-corrected chi connectivity index (χ3v) is 4.18. The maximum atomic E-state index is 5.90. The molecule has 0 saturated carbocycles. The number of hydrogen-bond acceptors (Lipinski definition) is 2. The van der Waals surface area contributed by atoms with E-state index >= 15 is 0 Å². The minimum Gasteiger partial charge on any atom is -0.398 e. The van der Waals surface area contributed by atoms with Crippen LogP contribution in [0, 0.1) is 11.8 Å². The summed E-state index contributed by atoms with van der Waals surface area (Å²) in [6.07, 6.45) is 4.00. The molecule has 3 aromatic rings. The van der Waals surface area contributed by atoms with Gasteiger partial charge < -0.3 is 10.6 Å². The molecule has 25 heavy (non-hydrogen) atoms. The van der Waals surface area contributed by atoms with Gasteiger partial charge in [-0.1, -0.05) is 66.4 Å². The van der Waals surface area contributed by atoms with Crippen molar-refractivity contribution in [2.24, 2.45) is 0 Å². The summed E-state index contributed by atoms with van der Waals surface area (Å²) in [6, 6.07) is 22.6. The highest BCUT2D eigenvalue weighted by Gasteiger charge is 2.06. The quantitative estimate of drug-likeness (QED) is 0.548. The van der Waals surface area contributed by atoms with E-state index in [1.54, 1.807) is 0 Å². The van der Waals surface area contributed by atoms with Crippen LogP contribution in [0.1, 0.15) is 12.5 Å². The zero-order valence-corrected chi connectivity index (χ0v) is 14.4. The van der Waals surface area contributed by atoms with Crippen LogP contribution in [0.3, 0.4) is 0 Å². The Hall–Kier alpha value is -3.18. The molecule has 2 nitrogen and oxygen atoms in total. The summed E-state index contributed by atoms with van der Waals surface area (Å²) in [5.74, 6) is 6.17. The number of para-hydroxylation sites is 1. The largest absolute Gasteiger partial charge is 0.398 e. The van der Waals surface area contributed by atoms with E-state index in [0.29, 0.717) is 5.69 Å². The molecule has 124 valence electrons. The lowest BCUT2D eigenvalue weighted by Crippen LogP contribution is -2.22. The zero-order chi connectivity index (χ0) is 17.5. The normalized spacial score (nSPS) is 10.6. The maximum absolute atomic E-state index is 5.90. The Morgan fingerprint density at radius 1 is 0.960 bits per heavy atom. The van der Waals surface area contributed by atoms with Gasteiger partial charge in [-0.05, 0) is 36.6 Å². The van der Waals surface area contributed by atoms with Gasteiger partial charge in [0.15, 0.2) is 0 Å². The molecule has 3 aromatic carbocycles. The molecule has 3 rings (SSSR count). The van der Waals surface area contributed by atoms with Crippen molar-refractivity contribution < 1.29 is 0 Å². The van der Waals surface area contributed by atoms with Gasteiger partial charge in [-0.3, -0.25) is 0 Å². The molecule has 0 saturated heterocycles. The van der Waals surface area contributed by atoms with Crippen LogP contribution < -0.4 is 10.6 Å². The highest BCUT2D eigenvalue weighted by atomic mass is 15.1. The van der Waals surface area contributed by atoms with Crippen molar-refractivity contribution in [2.45, 2.75) is 6.92 Å². The fourth-order valence-corrected chi connectivity index (χ4v) is 2.85. The Balaban J connectivity index is 1.74. The van der Waals surface area contributed by atoms with E-state index in [1.165, 1.54) is 16.5 Å². The lowest BCUT2D eigenvalue weighted by atomic mass is 10.1. The molecule has 0 heterocycles. The van der Waals surface area contributed by atoms with Crippen LogP contribution in [0.25, 0.3) is 10.8 Å². The molecule has 0 aromatic heterocycles. The van der Waals surface area contributed by atoms with Crippen LogP contribution in [0.5, 0.6) is 0 Å². The summed E-state index contributed by atoms with van der Waals surface area (Å²) < 4.78 is 0. The van der Waals surface area contributed by atoms with E-state index in [2.05, 4.69) is 72.2 Å². The molecule has 0 aliphatic heterocycles. The number of allylic oxidation sites excluding steroid dienone is 1. The topological polar surface area (TPSA) is 29.3 Å². The molecule has 0 bridgehead atoms. The summed E-state index contributed by atoms with van der Waals surface area (Å²) in [6.45, 7) is 3.94. The molecule has 0 radical (unpaired) electrons. The number of hydrogen-bond donors (Lipinski definition) is 1. The van der Waals surface area contributed by atoms with E-state index in [0.717, 1.165) is 18.7 Å². The molecule has 2 N–H and O–H groups in total. The van der Waals surface area contributed by atoms with Crippen molar-refractivity contribution in [2.75, 3.05) is 23.7 Å². The smallest absolute Gasteiger partial charge is 0.0478 e. The number of anilines is 2. The first-order valence-electron chi connectivity index (χ1n) is 8.53. The molecule has 0 unspecified atom stereocenters. The Morgan fingerprint density at radius 3 is 2.56 bits per heavy atom. The average molecular weight is 326 g/mol. The van der Waals surface area contributed by atoms with E-state index in [9.17, 15) is 0 Å². The van der Waals surface area contributed by atoms with Crippen molar-refractivity contribution in [3.63, 3.8) is 0 Å². The highest BCUT2D eigenvalue weighted by Crippen LogP contribution is 2.26. The van der Waals surface area contributed by atoms with E-state index in [1.807, 2.05) is 30.3 Å². The SMILES string of the molecule is CCN(CC=CC#Cc1ccccc1N)c1cccc2ccccc12.